The number of fused-ring (bicyclic) bond motifs is 2. The van der Waals surface area contributed by atoms with Crippen molar-refractivity contribution in [3.05, 3.63) is 58.9 Å². The highest BCUT2D eigenvalue weighted by atomic mass is 35.5. The molecule has 1 unspecified atom stereocenters. The van der Waals surface area contributed by atoms with Gasteiger partial charge in [0.2, 0.25) is 23.7 Å². The number of anilines is 5. The normalized spacial score (nSPS) is 18.8. The van der Waals surface area contributed by atoms with Crippen LogP contribution < -0.4 is 25.8 Å². The molecule has 3 aliphatic heterocycles. The van der Waals surface area contributed by atoms with Crippen molar-refractivity contribution >= 4 is 69.1 Å². The molecule has 2 fully saturated rings. The van der Waals surface area contributed by atoms with Crippen LogP contribution in [-0.4, -0.2) is 68.8 Å². The molecule has 3 aliphatic rings. The molecule has 2 aromatic carbocycles. The van der Waals surface area contributed by atoms with E-state index >= 15 is 0 Å². The monoisotopic (exact) mass is 673 g/mol. The smallest absolute Gasteiger partial charge is 0.235 e. The van der Waals surface area contributed by atoms with Gasteiger partial charge in [-0.15, -0.1) is 0 Å². The molecule has 0 aliphatic carbocycles. The summed E-state index contributed by atoms with van der Waals surface area (Å²) in [4.78, 5) is 49.6. The number of nitrogens with one attached hydrogen (secondary N) is 3. The SMILES string of the molecule is Cn1nc(C2CCC(=O)NC2=O)c2ccc(NC3CCN(c4ncc(Cl)c(Nc5ccc6c(c5)CC(=O)N6CC(C)(C)F)n4)CC3)cc21. The number of carbonyl (C=O) groups is 3. The van der Waals surface area contributed by atoms with Crippen molar-refractivity contribution in [3.63, 3.8) is 0 Å². The number of alkyl halides is 1. The number of amides is 3. The number of piperidine rings is 2. The lowest BCUT2D eigenvalue weighted by Crippen LogP contribution is -2.40. The van der Waals surface area contributed by atoms with Crippen LogP contribution >= 0.6 is 11.6 Å². The number of carbonyl (C=O) groups excluding carboxylic acids is 3. The second-order valence-corrected chi connectivity index (χ2v) is 13.8. The van der Waals surface area contributed by atoms with Gasteiger partial charge in [0.05, 0.1) is 36.3 Å². The fourth-order valence-corrected chi connectivity index (χ4v) is 6.93. The molecule has 2 aromatic heterocycles. The van der Waals surface area contributed by atoms with E-state index in [0.717, 1.165) is 59.5 Å². The van der Waals surface area contributed by atoms with Crippen LogP contribution in [-0.2, 0) is 27.9 Å². The van der Waals surface area contributed by atoms with E-state index in [1.165, 1.54) is 18.7 Å². The summed E-state index contributed by atoms with van der Waals surface area (Å²) in [7, 11) is 1.86. The molecule has 2 saturated heterocycles. The number of halogens is 2. The van der Waals surface area contributed by atoms with Crippen molar-refractivity contribution in [1.29, 1.82) is 0 Å². The van der Waals surface area contributed by atoms with Gasteiger partial charge >= 0.3 is 0 Å². The van der Waals surface area contributed by atoms with E-state index in [-0.39, 0.29) is 36.7 Å². The summed E-state index contributed by atoms with van der Waals surface area (Å²) in [6.45, 7) is 4.43. The first-order valence-electron chi connectivity index (χ1n) is 16.2. The van der Waals surface area contributed by atoms with Crippen molar-refractivity contribution in [2.75, 3.05) is 40.1 Å². The molecule has 48 heavy (non-hydrogen) atoms. The predicted molar refractivity (Wildman–Crippen MR) is 183 cm³/mol. The lowest BCUT2D eigenvalue weighted by atomic mass is 9.93. The van der Waals surface area contributed by atoms with E-state index in [1.54, 1.807) is 10.9 Å². The molecular formula is C34H37ClFN9O3. The number of aryl methyl sites for hydroxylation is 1. The third-order valence-corrected chi connectivity index (χ3v) is 9.42. The molecule has 1 atom stereocenters. The number of benzene rings is 2. The Bertz CT molecular complexity index is 1930. The molecule has 0 bridgehead atoms. The maximum atomic E-state index is 14.3. The molecule has 7 rings (SSSR count). The van der Waals surface area contributed by atoms with Gasteiger partial charge in [-0.05, 0) is 75.1 Å². The van der Waals surface area contributed by atoms with E-state index in [9.17, 15) is 18.8 Å². The molecule has 3 N–H and O–H groups in total. The fourth-order valence-electron chi connectivity index (χ4n) is 6.79. The molecule has 14 heteroatoms. The number of imide groups is 1. The van der Waals surface area contributed by atoms with Crippen molar-refractivity contribution in [1.82, 2.24) is 25.1 Å². The fraction of sp³-hybridized carbons (Fsp3) is 0.412. The number of hydrogen-bond donors (Lipinski definition) is 3. The summed E-state index contributed by atoms with van der Waals surface area (Å²) in [6.07, 6.45) is 4.30. The van der Waals surface area contributed by atoms with E-state index < -0.39 is 11.6 Å². The van der Waals surface area contributed by atoms with Crippen LogP contribution in [0.1, 0.15) is 56.7 Å². The van der Waals surface area contributed by atoms with Gasteiger partial charge in [-0.1, -0.05) is 11.6 Å². The Morgan fingerprint density at radius 1 is 1.06 bits per heavy atom. The van der Waals surface area contributed by atoms with Crippen LogP contribution in [0.2, 0.25) is 5.02 Å². The zero-order valence-electron chi connectivity index (χ0n) is 27.0. The minimum Gasteiger partial charge on any atom is -0.382 e. The number of aromatic nitrogens is 4. The highest BCUT2D eigenvalue weighted by molar-refractivity contribution is 6.33. The van der Waals surface area contributed by atoms with Crippen molar-refractivity contribution in [2.24, 2.45) is 7.05 Å². The number of rotatable bonds is 8. The van der Waals surface area contributed by atoms with E-state index in [1.807, 2.05) is 37.4 Å². The van der Waals surface area contributed by atoms with Crippen molar-refractivity contribution < 1.29 is 18.8 Å². The summed E-state index contributed by atoms with van der Waals surface area (Å²) >= 11 is 6.49. The highest BCUT2D eigenvalue weighted by Gasteiger charge is 2.33. The quantitative estimate of drug-likeness (QED) is 0.221. The molecule has 4 aromatic rings. The van der Waals surface area contributed by atoms with Gasteiger partial charge in [0.25, 0.3) is 0 Å². The Hall–Kier alpha value is -4.78. The summed E-state index contributed by atoms with van der Waals surface area (Å²) in [6, 6.07) is 11.8. The minimum absolute atomic E-state index is 0.00582. The average molecular weight is 674 g/mol. The second kappa shape index (κ2) is 12.3. The topological polar surface area (TPSA) is 137 Å². The molecule has 3 amide bonds. The van der Waals surface area contributed by atoms with Gasteiger partial charge in [-0.3, -0.25) is 24.4 Å². The zero-order valence-corrected chi connectivity index (χ0v) is 27.8. The van der Waals surface area contributed by atoms with E-state index in [0.29, 0.717) is 35.3 Å². The van der Waals surface area contributed by atoms with Crippen molar-refractivity contribution in [3.8, 4) is 0 Å². The molecule has 0 spiro atoms. The largest absolute Gasteiger partial charge is 0.382 e. The van der Waals surface area contributed by atoms with Gasteiger partial charge in [0.15, 0.2) is 5.82 Å². The van der Waals surface area contributed by atoms with Crippen molar-refractivity contribution in [2.45, 2.75) is 63.6 Å². The van der Waals surface area contributed by atoms with Crippen LogP contribution in [0.3, 0.4) is 0 Å². The lowest BCUT2D eigenvalue weighted by molar-refractivity contribution is -0.134. The van der Waals surface area contributed by atoms with Crippen LogP contribution in [0.25, 0.3) is 10.9 Å². The first kappa shape index (κ1) is 31.8. The van der Waals surface area contributed by atoms with Gasteiger partial charge in [0.1, 0.15) is 10.7 Å². The molecule has 250 valence electrons. The maximum absolute atomic E-state index is 14.3. The Morgan fingerprint density at radius 3 is 2.58 bits per heavy atom. The zero-order chi connectivity index (χ0) is 33.7. The van der Waals surface area contributed by atoms with Crippen LogP contribution in [0.4, 0.5) is 33.2 Å². The Morgan fingerprint density at radius 2 is 1.83 bits per heavy atom. The maximum Gasteiger partial charge on any atom is 0.235 e. The summed E-state index contributed by atoms with van der Waals surface area (Å²) in [5, 5.41) is 15.3. The summed E-state index contributed by atoms with van der Waals surface area (Å²) in [5.74, 6) is -0.0481. The highest BCUT2D eigenvalue weighted by Crippen LogP contribution is 2.35. The predicted octanol–water partition coefficient (Wildman–Crippen LogP) is 5.00. The Balaban J connectivity index is 0.988. The third-order valence-electron chi connectivity index (χ3n) is 9.14. The molecule has 0 saturated carbocycles. The Kier molecular flexibility index (Phi) is 8.18. The van der Waals surface area contributed by atoms with Crippen LogP contribution in [0.5, 0.6) is 0 Å². The Labute approximate surface area is 282 Å². The van der Waals surface area contributed by atoms with Gasteiger partial charge in [-0.2, -0.15) is 10.1 Å². The van der Waals surface area contributed by atoms with Gasteiger partial charge in [-0.25, -0.2) is 9.37 Å². The number of nitrogens with zero attached hydrogens (tertiary/aromatic N) is 6. The summed E-state index contributed by atoms with van der Waals surface area (Å²) < 4.78 is 16.1. The van der Waals surface area contributed by atoms with E-state index in [4.69, 9.17) is 16.6 Å². The second-order valence-electron chi connectivity index (χ2n) is 13.4. The molecular weight excluding hydrogens is 637 g/mol. The average Bonchev–Trinajstić information content (AvgIpc) is 3.52. The summed E-state index contributed by atoms with van der Waals surface area (Å²) in [5.41, 5.74) is 3.37. The van der Waals surface area contributed by atoms with Gasteiger partial charge in [0, 0.05) is 55.0 Å². The third kappa shape index (κ3) is 6.38. The van der Waals surface area contributed by atoms with Crippen LogP contribution in [0, 0.1) is 0 Å². The standard InChI is InChI=1S/C34H37ClFN9O3/c1-34(2,36)18-45-26-8-5-21(14-19(26)15-29(45)47)39-31-25(35)17-37-33(41-31)44-12-10-20(11-13-44)38-22-4-6-23-27(16-22)43(3)42-30(23)24-7-9-28(46)40-32(24)48/h4-6,8,14,16-17,20,24,38H,7,9-13,15,18H2,1-3H3,(H,37,39,41)(H,40,46,48). The first-order chi connectivity index (χ1) is 22.9. The lowest BCUT2D eigenvalue weighted by Gasteiger charge is -2.33. The molecule has 5 heterocycles. The van der Waals surface area contributed by atoms with E-state index in [2.05, 4.69) is 37.0 Å². The molecule has 0 radical (unpaired) electrons. The van der Waals surface area contributed by atoms with Gasteiger partial charge < -0.3 is 20.4 Å². The minimum atomic E-state index is -1.50. The number of hydrogen-bond acceptors (Lipinski definition) is 9. The van der Waals surface area contributed by atoms with Crippen LogP contribution in [0.15, 0.2) is 42.6 Å². The molecule has 12 nitrogen and oxygen atoms in total. The first-order valence-corrected chi connectivity index (χ1v) is 16.5.